The highest BCUT2D eigenvalue weighted by Crippen LogP contribution is 2.24. The van der Waals surface area contributed by atoms with Gasteiger partial charge in [-0.3, -0.25) is 4.79 Å². The van der Waals surface area contributed by atoms with Crippen LogP contribution in [0, 0.1) is 5.92 Å². The van der Waals surface area contributed by atoms with Gasteiger partial charge < -0.3 is 5.32 Å². The Morgan fingerprint density at radius 1 is 1.10 bits per heavy atom. The first-order valence-electron chi connectivity index (χ1n) is 7.45. The van der Waals surface area contributed by atoms with Gasteiger partial charge in [0.15, 0.2) is 0 Å². The van der Waals surface area contributed by atoms with E-state index in [1.165, 1.54) is 16.7 Å². The van der Waals surface area contributed by atoms with E-state index in [1.54, 1.807) is 11.3 Å². The smallest absolute Gasteiger partial charge is 0.220 e. The van der Waals surface area contributed by atoms with Crippen LogP contribution in [0.15, 0.2) is 41.1 Å². The molecule has 2 aromatic rings. The van der Waals surface area contributed by atoms with Gasteiger partial charge in [0.1, 0.15) is 0 Å². The summed E-state index contributed by atoms with van der Waals surface area (Å²) in [6.07, 6.45) is 0.601. The number of hydrogen-bond donors (Lipinski definition) is 1. The SMILES string of the molecule is CC(C)CC(=O)NCC(C)c1ccc(-c2ccsc2)cc1. The molecule has 1 unspecified atom stereocenters. The number of carbonyl (C=O) groups excluding carboxylic acids is 1. The minimum Gasteiger partial charge on any atom is -0.355 e. The van der Waals surface area contributed by atoms with Gasteiger partial charge in [-0.1, -0.05) is 45.0 Å². The molecule has 0 aliphatic carbocycles. The summed E-state index contributed by atoms with van der Waals surface area (Å²) in [5.74, 6) is 0.884. The van der Waals surface area contributed by atoms with Gasteiger partial charge in [-0.05, 0) is 45.4 Å². The summed E-state index contributed by atoms with van der Waals surface area (Å²) in [5.41, 5.74) is 3.78. The molecule has 1 aromatic carbocycles. The van der Waals surface area contributed by atoms with Gasteiger partial charge in [0.25, 0.3) is 0 Å². The summed E-state index contributed by atoms with van der Waals surface area (Å²) < 4.78 is 0. The fourth-order valence-corrected chi connectivity index (χ4v) is 2.93. The predicted molar refractivity (Wildman–Crippen MR) is 90.6 cm³/mol. The molecule has 1 aromatic heterocycles. The molecule has 0 spiro atoms. The Morgan fingerprint density at radius 2 is 1.81 bits per heavy atom. The van der Waals surface area contributed by atoms with E-state index in [9.17, 15) is 4.79 Å². The number of carbonyl (C=O) groups is 1. The number of hydrogen-bond acceptors (Lipinski definition) is 2. The summed E-state index contributed by atoms with van der Waals surface area (Å²) in [7, 11) is 0. The third-order valence-corrected chi connectivity index (χ3v) is 4.22. The Bertz CT molecular complexity index is 557. The maximum absolute atomic E-state index is 11.7. The van der Waals surface area contributed by atoms with Crippen molar-refractivity contribution in [1.29, 1.82) is 0 Å². The molecule has 0 fully saturated rings. The molecule has 112 valence electrons. The molecule has 1 N–H and O–H groups in total. The average molecular weight is 301 g/mol. The zero-order valence-electron chi connectivity index (χ0n) is 12.9. The first-order chi connectivity index (χ1) is 10.1. The molecule has 0 aliphatic rings. The fraction of sp³-hybridized carbons (Fsp3) is 0.389. The van der Waals surface area contributed by atoms with Crippen LogP contribution in [-0.2, 0) is 4.79 Å². The van der Waals surface area contributed by atoms with Crippen molar-refractivity contribution in [1.82, 2.24) is 5.32 Å². The zero-order chi connectivity index (χ0) is 15.2. The average Bonchev–Trinajstić information content (AvgIpc) is 2.98. The second-order valence-electron chi connectivity index (χ2n) is 5.94. The lowest BCUT2D eigenvalue weighted by Gasteiger charge is -2.14. The van der Waals surface area contributed by atoms with E-state index in [2.05, 4.69) is 67.2 Å². The largest absolute Gasteiger partial charge is 0.355 e. The highest BCUT2D eigenvalue weighted by molar-refractivity contribution is 7.08. The molecule has 2 rings (SSSR count). The number of thiophene rings is 1. The Hall–Kier alpha value is -1.61. The second kappa shape index (κ2) is 7.41. The second-order valence-corrected chi connectivity index (χ2v) is 6.72. The van der Waals surface area contributed by atoms with Crippen LogP contribution in [0.4, 0.5) is 0 Å². The third kappa shape index (κ3) is 4.71. The van der Waals surface area contributed by atoms with Crippen LogP contribution in [0.3, 0.4) is 0 Å². The maximum atomic E-state index is 11.7. The van der Waals surface area contributed by atoms with Crippen LogP contribution in [0.25, 0.3) is 11.1 Å². The van der Waals surface area contributed by atoms with Crippen molar-refractivity contribution in [2.75, 3.05) is 6.54 Å². The van der Waals surface area contributed by atoms with E-state index in [0.717, 1.165) is 0 Å². The number of benzene rings is 1. The van der Waals surface area contributed by atoms with E-state index in [1.807, 2.05) is 0 Å². The van der Waals surface area contributed by atoms with Gasteiger partial charge in [0.05, 0.1) is 0 Å². The van der Waals surface area contributed by atoms with Gasteiger partial charge >= 0.3 is 0 Å². The van der Waals surface area contributed by atoms with E-state index < -0.39 is 0 Å². The molecule has 2 nitrogen and oxygen atoms in total. The van der Waals surface area contributed by atoms with Gasteiger partial charge in [0, 0.05) is 13.0 Å². The van der Waals surface area contributed by atoms with Crippen molar-refractivity contribution < 1.29 is 4.79 Å². The van der Waals surface area contributed by atoms with Crippen LogP contribution >= 0.6 is 11.3 Å². The Morgan fingerprint density at radius 3 is 2.38 bits per heavy atom. The third-order valence-electron chi connectivity index (χ3n) is 3.53. The molecule has 1 amide bonds. The lowest BCUT2D eigenvalue weighted by Crippen LogP contribution is -2.28. The lowest BCUT2D eigenvalue weighted by molar-refractivity contribution is -0.121. The van der Waals surface area contributed by atoms with E-state index in [4.69, 9.17) is 0 Å². The number of rotatable bonds is 6. The Balaban J connectivity index is 1.91. The molecule has 1 heterocycles. The zero-order valence-corrected chi connectivity index (χ0v) is 13.7. The van der Waals surface area contributed by atoms with Crippen LogP contribution < -0.4 is 5.32 Å². The standard InChI is InChI=1S/C18H23NOS/c1-13(2)10-18(20)19-11-14(3)15-4-6-16(7-5-15)17-8-9-21-12-17/h4-9,12-14H,10-11H2,1-3H3,(H,19,20). The monoisotopic (exact) mass is 301 g/mol. The summed E-state index contributed by atoms with van der Waals surface area (Å²) in [6, 6.07) is 10.8. The fourth-order valence-electron chi connectivity index (χ4n) is 2.26. The summed E-state index contributed by atoms with van der Waals surface area (Å²) in [6.45, 7) is 6.97. The van der Waals surface area contributed by atoms with Crippen molar-refractivity contribution >= 4 is 17.2 Å². The first-order valence-corrected chi connectivity index (χ1v) is 8.39. The number of nitrogens with one attached hydrogen (secondary N) is 1. The van der Waals surface area contributed by atoms with Crippen molar-refractivity contribution in [3.63, 3.8) is 0 Å². The number of amides is 1. The van der Waals surface area contributed by atoms with Crippen LogP contribution in [0.2, 0.25) is 0 Å². The van der Waals surface area contributed by atoms with Crippen LogP contribution in [0.1, 0.15) is 38.7 Å². The van der Waals surface area contributed by atoms with Crippen LogP contribution in [-0.4, -0.2) is 12.5 Å². The van der Waals surface area contributed by atoms with Crippen LogP contribution in [0.5, 0.6) is 0 Å². The van der Waals surface area contributed by atoms with E-state index >= 15 is 0 Å². The Kier molecular flexibility index (Phi) is 5.57. The molecule has 0 radical (unpaired) electrons. The molecule has 3 heteroatoms. The van der Waals surface area contributed by atoms with E-state index in [-0.39, 0.29) is 5.91 Å². The van der Waals surface area contributed by atoms with Gasteiger partial charge in [-0.2, -0.15) is 11.3 Å². The van der Waals surface area contributed by atoms with Crippen molar-refractivity contribution in [3.05, 3.63) is 46.7 Å². The summed E-state index contributed by atoms with van der Waals surface area (Å²) in [4.78, 5) is 11.7. The van der Waals surface area contributed by atoms with E-state index in [0.29, 0.717) is 24.8 Å². The molecular weight excluding hydrogens is 278 g/mol. The molecule has 0 aliphatic heterocycles. The van der Waals surface area contributed by atoms with Gasteiger partial charge in [0.2, 0.25) is 5.91 Å². The molecular formula is C18H23NOS. The molecule has 0 saturated heterocycles. The van der Waals surface area contributed by atoms with Gasteiger partial charge in [-0.25, -0.2) is 0 Å². The summed E-state index contributed by atoms with van der Waals surface area (Å²) >= 11 is 1.71. The quantitative estimate of drug-likeness (QED) is 0.824. The molecule has 0 saturated carbocycles. The molecule has 0 bridgehead atoms. The highest BCUT2D eigenvalue weighted by Gasteiger charge is 2.09. The predicted octanol–water partition coefficient (Wildman–Crippen LogP) is 4.68. The molecule has 21 heavy (non-hydrogen) atoms. The minimum atomic E-state index is 0.145. The summed E-state index contributed by atoms with van der Waals surface area (Å²) in [5, 5.41) is 7.27. The minimum absolute atomic E-state index is 0.145. The van der Waals surface area contributed by atoms with Crippen molar-refractivity contribution in [3.8, 4) is 11.1 Å². The van der Waals surface area contributed by atoms with Crippen molar-refractivity contribution in [2.45, 2.75) is 33.1 Å². The maximum Gasteiger partial charge on any atom is 0.220 e. The Labute approximate surface area is 131 Å². The van der Waals surface area contributed by atoms with Crippen molar-refractivity contribution in [2.24, 2.45) is 5.92 Å². The highest BCUT2D eigenvalue weighted by atomic mass is 32.1. The first kappa shape index (κ1) is 15.8. The topological polar surface area (TPSA) is 29.1 Å². The lowest BCUT2D eigenvalue weighted by atomic mass is 9.98. The van der Waals surface area contributed by atoms with Gasteiger partial charge in [-0.15, -0.1) is 0 Å². The normalized spacial score (nSPS) is 12.4. The molecule has 1 atom stereocenters.